The van der Waals surface area contributed by atoms with Crippen LogP contribution in [0.5, 0.6) is 0 Å². The van der Waals surface area contributed by atoms with Crippen molar-refractivity contribution in [3.05, 3.63) is 40.5 Å². The number of thioether (sulfide) groups is 1. The second kappa shape index (κ2) is 7.48. The second-order valence-corrected chi connectivity index (χ2v) is 9.51. The molecule has 0 N–H and O–H groups in total. The van der Waals surface area contributed by atoms with Crippen molar-refractivity contribution in [3.63, 3.8) is 0 Å². The highest BCUT2D eigenvalue weighted by molar-refractivity contribution is 7.98. The van der Waals surface area contributed by atoms with Crippen molar-refractivity contribution >= 4 is 35.0 Å². The largest absolute Gasteiger partial charge is 0.459 e. The van der Waals surface area contributed by atoms with Gasteiger partial charge in [-0.25, -0.2) is 0 Å². The Morgan fingerprint density at radius 3 is 2.62 bits per heavy atom. The number of likely N-dealkylation sites (N-methyl/N-ethyl adjacent to an activating group) is 1. The van der Waals surface area contributed by atoms with Crippen molar-refractivity contribution < 1.29 is 14.3 Å². The van der Waals surface area contributed by atoms with Crippen LogP contribution in [0.1, 0.15) is 41.6 Å². The summed E-state index contributed by atoms with van der Waals surface area (Å²) < 4.78 is 7.34. The molecule has 140 valence electrons. The lowest BCUT2D eigenvalue weighted by atomic mass is 10.1. The fourth-order valence-electron chi connectivity index (χ4n) is 2.92. The first-order chi connectivity index (χ1) is 12.3. The molecular weight excluding hydrogens is 368 g/mol. The summed E-state index contributed by atoms with van der Waals surface area (Å²) in [6.07, 6.45) is 4.79. The van der Waals surface area contributed by atoms with Crippen LogP contribution in [0.4, 0.5) is 0 Å². The SMILES string of the molecule is CN(CC(=O)OC(C)(C)C)C(=O)c1c(-n2cccc2)sc2c1CCSC2. The molecule has 3 rings (SSSR count). The summed E-state index contributed by atoms with van der Waals surface area (Å²) in [6.45, 7) is 5.41. The lowest BCUT2D eigenvalue weighted by Gasteiger charge is -2.23. The summed E-state index contributed by atoms with van der Waals surface area (Å²) in [5.41, 5.74) is 1.31. The molecule has 1 amide bonds. The number of rotatable bonds is 4. The van der Waals surface area contributed by atoms with Gasteiger partial charge < -0.3 is 14.2 Å². The number of ether oxygens (including phenoxy) is 1. The van der Waals surface area contributed by atoms with E-state index in [9.17, 15) is 9.59 Å². The molecule has 0 saturated carbocycles. The van der Waals surface area contributed by atoms with Gasteiger partial charge in [0.15, 0.2) is 0 Å². The van der Waals surface area contributed by atoms with E-state index in [2.05, 4.69) is 0 Å². The van der Waals surface area contributed by atoms with E-state index < -0.39 is 11.6 Å². The number of hydrogen-bond donors (Lipinski definition) is 0. The molecule has 0 atom stereocenters. The molecule has 0 radical (unpaired) electrons. The number of carbonyl (C=O) groups excluding carboxylic acids is 2. The van der Waals surface area contributed by atoms with E-state index in [1.165, 1.54) is 9.78 Å². The van der Waals surface area contributed by atoms with E-state index in [4.69, 9.17) is 4.74 Å². The molecule has 26 heavy (non-hydrogen) atoms. The number of amides is 1. The minimum atomic E-state index is -0.559. The fraction of sp³-hybridized carbons (Fsp3) is 0.474. The van der Waals surface area contributed by atoms with E-state index in [1.54, 1.807) is 18.4 Å². The zero-order chi connectivity index (χ0) is 18.9. The molecule has 0 saturated heterocycles. The molecule has 0 spiro atoms. The molecule has 1 aliphatic rings. The molecule has 1 aliphatic heterocycles. The summed E-state index contributed by atoms with van der Waals surface area (Å²) in [5, 5.41) is 0.934. The summed E-state index contributed by atoms with van der Waals surface area (Å²) in [4.78, 5) is 28.0. The van der Waals surface area contributed by atoms with E-state index in [0.29, 0.717) is 0 Å². The number of fused-ring (bicyclic) bond motifs is 1. The number of hydrogen-bond acceptors (Lipinski definition) is 5. The minimum Gasteiger partial charge on any atom is -0.459 e. The van der Waals surface area contributed by atoms with Gasteiger partial charge in [-0.05, 0) is 50.6 Å². The second-order valence-electron chi connectivity index (χ2n) is 7.32. The Morgan fingerprint density at radius 2 is 1.96 bits per heavy atom. The third kappa shape index (κ3) is 4.15. The number of nitrogens with zero attached hydrogens (tertiary/aromatic N) is 2. The number of carbonyl (C=O) groups is 2. The predicted octanol–water partition coefficient (Wildman–Crippen LogP) is 3.74. The molecular formula is C19H24N2O3S2. The molecule has 2 aromatic heterocycles. The third-order valence-corrected chi connectivity index (χ3v) is 6.40. The van der Waals surface area contributed by atoms with Crippen molar-refractivity contribution in [2.24, 2.45) is 0 Å². The van der Waals surface area contributed by atoms with Crippen LogP contribution in [0.25, 0.3) is 5.00 Å². The van der Waals surface area contributed by atoms with Crippen LogP contribution < -0.4 is 0 Å². The van der Waals surface area contributed by atoms with Crippen molar-refractivity contribution in [2.45, 2.75) is 38.5 Å². The first kappa shape index (κ1) is 19.0. The molecule has 0 fully saturated rings. The highest BCUT2D eigenvalue weighted by atomic mass is 32.2. The summed E-state index contributed by atoms with van der Waals surface area (Å²) >= 11 is 3.57. The number of esters is 1. The maximum atomic E-state index is 13.2. The van der Waals surface area contributed by atoms with E-state index in [0.717, 1.165) is 34.1 Å². The van der Waals surface area contributed by atoms with Gasteiger partial charge in [-0.2, -0.15) is 11.8 Å². The first-order valence-electron chi connectivity index (χ1n) is 8.59. The van der Waals surface area contributed by atoms with Crippen molar-refractivity contribution in [2.75, 3.05) is 19.3 Å². The van der Waals surface area contributed by atoms with Gasteiger partial charge in [0.25, 0.3) is 5.91 Å². The number of thiophene rings is 1. The zero-order valence-corrected chi connectivity index (χ0v) is 17.2. The first-order valence-corrected chi connectivity index (χ1v) is 10.6. The van der Waals surface area contributed by atoms with Gasteiger partial charge in [-0.3, -0.25) is 9.59 Å². The lowest BCUT2D eigenvalue weighted by Crippen LogP contribution is -2.36. The summed E-state index contributed by atoms with van der Waals surface area (Å²) in [6, 6.07) is 3.90. The van der Waals surface area contributed by atoms with Gasteiger partial charge in [-0.15, -0.1) is 11.3 Å². The van der Waals surface area contributed by atoms with Gasteiger partial charge in [0.1, 0.15) is 17.1 Å². The van der Waals surface area contributed by atoms with Crippen LogP contribution in [0.2, 0.25) is 0 Å². The molecule has 0 aliphatic carbocycles. The number of aromatic nitrogens is 1. The Labute approximate surface area is 162 Å². The maximum Gasteiger partial charge on any atom is 0.326 e. The van der Waals surface area contributed by atoms with E-state index in [-0.39, 0.29) is 12.5 Å². The van der Waals surface area contributed by atoms with Gasteiger partial charge in [0, 0.05) is 30.1 Å². The highest BCUT2D eigenvalue weighted by Crippen LogP contribution is 2.38. The smallest absolute Gasteiger partial charge is 0.326 e. The zero-order valence-electron chi connectivity index (χ0n) is 15.6. The standard InChI is InChI=1S/C19H24N2O3S2/c1-19(2,3)24-15(22)11-20(4)17(23)16-13-7-10-25-12-14(13)26-18(16)21-8-5-6-9-21/h5-6,8-9H,7,10-12H2,1-4H3. The third-order valence-electron chi connectivity index (χ3n) is 3.99. The molecule has 7 heteroatoms. The fourth-order valence-corrected chi connectivity index (χ4v) is 5.36. The topological polar surface area (TPSA) is 51.5 Å². The lowest BCUT2D eigenvalue weighted by molar-refractivity contribution is -0.155. The average molecular weight is 393 g/mol. The molecule has 2 aromatic rings. The van der Waals surface area contributed by atoms with Gasteiger partial charge in [0.2, 0.25) is 0 Å². The van der Waals surface area contributed by atoms with Gasteiger partial charge in [-0.1, -0.05) is 0 Å². The Morgan fingerprint density at radius 1 is 1.27 bits per heavy atom. The molecule has 3 heterocycles. The maximum absolute atomic E-state index is 13.2. The van der Waals surface area contributed by atoms with Gasteiger partial charge >= 0.3 is 5.97 Å². The molecule has 0 unspecified atom stereocenters. The quantitative estimate of drug-likeness (QED) is 0.744. The van der Waals surface area contributed by atoms with Crippen LogP contribution in [-0.4, -0.2) is 46.3 Å². The molecule has 5 nitrogen and oxygen atoms in total. The van der Waals surface area contributed by atoms with E-state index in [1.807, 2.05) is 61.6 Å². The Balaban J connectivity index is 1.89. The van der Waals surface area contributed by atoms with Crippen molar-refractivity contribution in [3.8, 4) is 5.00 Å². The Bertz CT molecular complexity index is 804. The van der Waals surface area contributed by atoms with E-state index >= 15 is 0 Å². The minimum absolute atomic E-state index is 0.0550. The average Bonchev–Trinajstić information content (AvgIpc) is 3.19. The monoisotopic (exact) mass is 392 g/mol. The van der Waals surface area contributed by atoms with Gasteiger partial charge in [0.05, 0.1) is 5.56 Å². The van der Waals surface area contributed by atoms with Crippen LogP contribution in [-0.2, 0) is 21.7 Å². The highest BCUT2D eigenvalue weighted by Gasteiger charge is 2.29. The van der Waals surface area contributed by atoms with Crippen LogP contribution in [0, 0.1) is 0 Å². The van der Waals surface area contributed by atoms with Crippen LogP contribution >= 0.6 is 23.1 Å². The molecule has 0 bridgehead atoms. The Kier molecular flexibility index (Phi) is 5.48. The normalized spacial score (nSPS) is 14.0. The predicted molar refractivity (Wildman–Crippen MR) is 106 cm³/mol. The van der Waals surface area contributed by atoms with Crippen LogP contribution in [0.3, 0.4) is 0 Å². The summed E-state index contributed by atoms with van der Waals surface area (Å²) in [5.74, 6) is 1.45. The Hall–Kier alpha value is -1.73. The van der Waals surface area contributed by atoms with Crippen LogP contribution in [0.15, 0.2) is 24.5 Å². The van der Waals surface area contributed by atoms with Crippen molar-refractivity contribution in [1.29, 1.82) is 0 Å². The van der Waals surface area contributed by atoms with Crippen molar-refractivity contribution in [1.82, 2.24) is 9.47 Å². The molecule has 0 aromatic carbocycles. The summed E-state index contributed by atoms with van der Waals surface area (Å²) in [7, 11) is 1.66.